The minimum Gasteiger partial charge on any atom is -0.453 e. The lowest BCUT2D eigenvalue weighted by atomic mass is 10.0. The van der Waals surface area contributed by atoms with Gasteiger partial charge in [0.2, 0.25) is 0 Å². The van der Waals surface area contributed by atoms with Gasteiger partial charge in [-0.3, -0.25) is 14.4 Å². The standard InChI is InChI=1S/C20H22ClNO4S/c1-12(2)14-6-4-5-7-15(14)22-20(25)13(3)26-19(24)11-8-16(23)17-9-10-18(21)27-17/h4-7,9-10,12-13H,8,11H2,1-3H3,(H,22,25)/t13-/m0/s1. The Labute approximate surface area is 167 Å². The molecule has 2 rings (SSSR count). The number of hydrogen-bond donors (Lipinski definition) is 1. The molecule has 1 atom stereocenters. The van der Waals surface area contributed by atoms with Crippen LogP contribution < -0.4 is 5.32 Å². The van der Waals surface area contributed by atoms with E-state index in [9.17, 15) is 14.4 Å². The molecule has 2 aromatic rings. The second kappa shape index (κ2) is 9.67. The van der Waals surface area contributed by atoms with Gasteiger partial charge in [0, 0.05) is 12.1 Å². The highest BCUT2D eigenvalue weighted by atomic mass is 35.5. The number of thiophene rings is 1. The van der Waals surface area contributed by atoms with Crippen LogP contribution in [0, 0.1) is 0 Å². The van der Waals surface area contributed by atoms with Gasteiger partial charge in [0.15, 0.2) is 11.9 Å². The summed E-state index contributed by atoms with van der Waals surface area (Å²) < 4.78 is 5.67. The number of para-hydroxylation sites is 1. The Morgan fingerprint density at radius 1 is 1.07 bits per heavy atom. The molecule has 0 bridgehead atoms. The number of ether oxygens (including phenoxy) is 1. The fourth-order valence-electron chi connectivity index (χ4n) is 2.46. The number of hydrogen-bond acceptors (Lipinski definition) is 5. The fourth-order valence-corrected chi connectivity index (χ4v) is 3.47. The molecule has 1 aromatic carbocycles. The van der Waals surface area contributed by atoms with E-state index in [1.165, 1.54) is 18.3 Å². The quantitative estimate of drug-likeness (QED) is 0.490. The molecule has 0 spiro atoms. The molecule has 1 aromatic heterocycles. The molecule has 0 saturated heterocycles. The fraction of sp³-hybridized carbons (Fsp3) is 0.350. The second-order valence-electron chi connectivity index (χ2n) is 6.39. The lowest BCUT2D eigenvalue weighted by Gasteiger charge is -2.17. The number of carbonyl (C=O) groups excluding carboxylic acids is 3. The summed E-state index contributed by atoms with van der Waals surface area (Å²) in [5.74, 6) is -0.929. The van der Waals surface area contributed by atoms with Gasteiger partial charge in [0.1, 0.15) is 0 Å². The third kappa shape index (κ3) is 6.19. The Morgan fingerprint density at radius 3 is 2.41 bits per heavy atom. The molecule has 1 heterocycles. The van der Waals surface area contributed by atoms with Crippen molar-refractivity contribution >= 4 is 46.3 Å². The number of amides is 1. The third-order valence-corrected chi connectivity index (χ3v) is 5.19. The van der Waals surface area contributed by atoms with Gasteiger partial charge < -0.3 is 10.1 Å². The van der Waals surface area contributed by atoms with Gasteiger partial charge in [-0.15, -0.1) is 11.3 Å². The normalized spacial score (nSPS) is 11.9. The zero-order valence-electron chi connectivity index (χ0n) is 15.5. The average molecular weight is 408 g/mol. The number of esters is 1. The van der Waals surface area contributed by atoms with E-state index in [0.717, 1.165) is 5.56 Å². The van der Waals surface area contributed by atoms with Crippen molar-refractivity contribution < 1.29 is 19.1 Å². The highest BCUT2D eigenvalue weighted by Gasteiger charge is 2.20. The van der Waals surface area contributed by atoms with Crippen LogP contribution in [0.2, 0.25) is 4.34 Å². The third-order valence-electron chi connectivity index (χ3n) is 3.92. The Kier molecular flexibility index (Phi) is 7.56. The van der Waals surface area contributed by atoms with Crippen LogP contribution in [-0.2, 0) is 14.3 Å². The van der Waals surface area contributed by atoms with Crippen molar-refractivity contribution in [1.82, 2.24) is 0 Å². The maximum atomic E-state index is 12.3. The summed E-state index contributed by atoms with van der Waals surface area (Å²) >= 11 is 6.97. The number of nitrogens with one attached hydrogen (secondary N) is 1. The minimum atomic E-state index is -0.955. The predicted molar refractivity (Wildman–Crippen MR) is 108 cm³/mol. The van der Waals surface area contributed by atoms with Crippen molar-refractivity contribution in [2.45, 2.75) is 45.6 Å². The van der Waals surface area contributed by atoms with Crippen LogP contribution in [0.1, 0.15) is 54.8 Å². The maximum absolute atomic E-state index is 12.3. The van der Waals surface area contributed by atoms with Crippen LogP contribution in [0.25, 0.3) is 0 Å². The monoisotopic (exact) mass is 407 g/mol. The first kappa shape index (κ1) is 21.1. The summed E-state index contributed by atoms with van der Waals surface area (Å²) in [7, 11) is 0. The largest absolute Gasteiger partial charge is 0.453 e. The zero-order chi connectivity index (χ0) is 20.0. The Bertz CT molecular complexity index is 831. The van der Waals surface area contributed by atoms with E-state index in [2.05, 4.69) is 5.32 Å². The predicted octanol–water partition coefficient (Wildman–Crippen LogP) is 5.06. The number of ketones is 1. The van der Waals surface area contributed by atoms with E-state index in [1.54, 1.807) is 12.1 Å². The topological polar surface area (TPSA) is 72.5 Å². The molecule has 0 radical (unpaired) electrons. The van der Waals surface area contributed by atoms with E-state index < -0.39 is 18.0 Å². The number of anilines is 1. The molecule has 0 saturated carbocycles. The molecule has 1 amide bonds. The van der Waals surface area contributed by atoms with Gasteiger partial charge in [0.05, 0.1) is 15.6 Å². The van der Waals surface area contributed by atoms with Gasteiger partial charge in [-0.1, -0.05) is 43.6 Å². The number of carbonyl (C=O) groups is 3. The van der Waals surface area contributed by atoms with E-state index in [4.69, 9.17) is 16.3 Å². The summed E-state index contributed by atoms with van der Waals surface area (Å²) in [4.78, 5) is 36.8. The maximum Gasteiger partial charge on any atom is 0.307 e. The molecule has 0 aliphatic carbocycles. The van der Waals surface area contributed by atoms with Crippen molar-refractivity contribution in [2.24, 2.45) is 0 Å². The van der Waals surface area contributed by atoms with Gasteiger partial charge in [-0.05, 0) is 36.6 Å². The molecule has 144 valence electrons. The smallest absolute Gasteiger partial charge is 0.307 e. The summed E-state index contributed by atoms with van der Waals surface area (Å²) in [6, 6.07) is 10.8. The van der Waals surface area contributed by atoms with Crippen LogP contribution >= 0.6 is 22.9 Å². The number of rotatable bonds is 8. The highest BCUT2D eigenvalue weighted by Crippen LogP contribution is 2.24. The lowest BCUT2D eigenvalue weighted by Crippen LogP contribution is -2.30. The number of halogens is 1. The summed E-state index contributed by atoms with van der Waals surface area (Å²) in [6.45, 7) is 5.57. The first-order valence-electron chi connectivity index (χ1n) is 8.65. The minimum absolute atomic E-state index is 0.0141. The van der Waals surface area contributed by atoms with Crippen molar-refractivity contribution in [3.05, 3.63) is 51.2 Å². The van der Waals surface area contributed by atoms with Gasteiger partial charge in [-0.25, -0.2) is 0 Å². The Hall–Kier alpha value is -2.18. The summed E-state index contributed by atoms with van der Waals surface area (Å²) in [5.41, 5.74) is 1.70. The molecule has 7 heteroatoms. The molecule has 0 aliphatic heterocycles. The molecule has 0 fully saturated rings. The summed E-state index contributed by atoms with van der Waals surface area (Å²) in [5, 5.41) is 2.79. The van der Waals surface area contributed by atoms with Crippen LogP contribution in [0.3, 0.4) is 0 Å². The van der Waals surface area contributed by atoms with Crippen molar-refractivity contribution in [2.75, 3.05) is 5.32 Å². The van der Waals surface area contributed by atoms with Gasteiger partial charge >= 0.3 is 5.97 Å². The lowest BCUT2D eigenvalue weighted by molar-refractivity contribution is -0.153. The van der Waals surface area contributed by atoms with E-state index >= 15 is 0 Å². The van der Waals surface area contributed by atoms with Crippen molar-refractivity contribution in [3.63, 3.8) is 0 Å². The molecule has 0 unspecified atom stereocenters. The van der Waals surface area contributed by atoms with Crippen LogP contribution in [0.5, 0.6) is 0 Å². The van der Waals surface area contributed by atoms with Gasteiger partial charge in [-0.2, -0.15) is 0 Å². The summed E-state index contributed by atoms with van der Waals surface area (Å²) in [6.07, 6.45) is -1.03. The molecular formula is C20H22ClNO4S. The van der Waals surface area contributed by atoms with E-state index in [1.807, 2.05) is 38.1 Å². The first-order valence-corrected chi connectivity index (χ1v) is 9.85. The Balaban J connectivity index is 1.85. The zero-order valence-corrected chi connectivity index (χ0v) is 17.0. The molecule has 1 N–H and O–H groups in total. The molecule has 0 aliphatic rings. The van der Waals surface area contributed by atoms with Gasteiger partial charge in [0.25, 0.3) is 5.91 Å². The molecule has 27 heavy (non-hydrogen) atoms. The van der Waals surface area contributed by atoms with E-state index in [0.29, 0.717) is 14.9 Å². The van der Waals surface area contributed by atoms with Crippen LogP contribution in [0.4, 0.5) is 5.69 Å². The highest BCUT2D eigenvalue weighted by molar-refractivity contribution is 7.18. The molecular weight excluding hydrogens is 386 g/mol. The molecule has 5 nitrogen and oxygen atoms in total. The number of benzene rings is 1. The van der Waals surface area contributed by atoms with Crippen LogP contribution in [-0.4, -0.2) is 23.8 Å². The first-order chi connectivity index (χ1) is 12.8. The second-order valence-corrected chi connectivity index (χ2v) is 8.11. The average Bonchev–Trinajstić information content (AvgIpc) is 3.06. The number of Topliss-reactive ketones (excluding diaryl/α,β-unsaturated/α-hetero) is 1. The SMILES string of the molecule is CC(C)c1ccccc1NC(=O)[C@H](C)OC(=O)CCC(=O)c1ccc(Cl)s1. The van der Waals surface area contributed by atoms with Crippen molar-refractivity contribution in [1.29, 1.82) is 0 Å². The van der Waals surface area contributed by atoms with E-state index in [-0.39, 0.29) is 24.5 Å². The Morgan fingerprint density at radius 2 is 1.78 bits per heavy atom. The van der Waals surface area contributed by atoms with Crippen LogP contribution in [0.15, 0.2) is 36.4 Å². The van der Waals surface area contributed by atoms with Crippen molar-refractivity contribution in [3.8, 4) is 0 Å².